The summed E-state index contributed by atoms with van der Waals surface area (Å²) in [6.07, 6.45) is -0.788. The lowest BCUT2D eigenvalue weighted by Gasteiger charge is -2.17. The summed E-state index contributed by atoms with van der Waals surface area (Å²) >= 11 is 0. The van der Waals surface area contributed by atoms with Crippen LogP contribution in [-0.4, -0.2) is 42.7 Å². The second kappa shape index (κ2) is 9.41. The Kier molecular flexibility index (Phi) is 6.47. The van der Waals surface area contributed by atoms with Crippen LogP contribution in [-0.2, 0) is 20.9 Å². The third-order valence-corrected chi connectivity index (χ3v) is 4.23. The van der Waals surface area contributed by atoms with Crippen LogP contribution in [0, 0.1) is 0 Å². The van der Waals surface area contributed by atoms with Crippen molar-refractivity contribution in [1.82, 2.24) is 15.6 Å². The molecule has 0 aliphatic heterocycles. The Labute approximate surface area is 167 Å². The molecule has 2 aromatic carbocycles. The molecule has 8 heteroatoms. The van der Waals surface area contributed by atoms with Crippen LogP contribution < -0.4 is 10.6 Å². The maximum absolute atomic E-state index is 12.4. The molecule has 150 valence electrons. The van der Waals surface area contributed by atoms with Crippen molar-refractivity contribution in [3.8, 4) is 0 Å². The predicted octanol–water partition coefficient (Wildman–Crippen LogP) is 2.37. The van der Waals surface area contributed by atoms with E-state index < -0.39 is 24.0 Å². The number of alkyl carbamates (subject to hydrolysis) is 1. The van der Waals surface area contributed by atoms with Gasteiger partial charge in [0, 0.05) is 17.4 Å². The van der Waals surface area contributed by atoms with Crippen LogP contribution in [0.15, 0.2) is 60.7 Å². The van der Waals surface area contributed by atoms with Gasteiger partial charge in [-0.2, -0.15) is 0 Å². The van der Waals surface area contributed by atoms with E-state index >= 15 is 0 Å². The topological polar surface area (TPSA) is 110 Å². The average molecular weight is 395 g/mol. The molecule has 29 heavy (non-hydrogen) atoms. The highest BCUT2D eigenvalue weighted by atomic mass is 16.6. The second-order valence-electron chi connectivity index (χ2n) is 6.26. The molecule has 0 spiro atoms. The number of aromatic nitrogens is 1. The summed E-state index contributed by atoms with van der Waals surface area (Å²) in [7, 11) is 1.20. The minimum absolute atomic E-state index is 0.0575. The van der Waals surface area contributed by atoms with Gasteiger partial charge < -0.3 is 25.1 Å². The summed E-state index contributed by atoms with van der Waals surface area (Å²) in [6, 6.07) is 17.2. The molecule has 2 amide bonds. The fourth-order valence-electron chi connectivity index (χ4n) is 2.73. The molecule has 0 aliphatic carbocycles. The first-order valence-electron chi connectivity index (χ1n) is 8.98. The van der Waals surface area contributed by atoms with Crippen molar-refractivity contribution in [2.24, 2.45) is 0 Å². The normalized spacial score (nSPS) is 11.5. The van der Waals surface area contributed by atoms with Crippen molar-refractivity contribution < 1.29 is 23.9 Å². The number of H-pyrrole nitrogens is 1. The monoisotopic (exact) mass is 395 g/mol. The molecule has 0 saturated heterocycles. The number of aromatic amines is 1. The van der Waals surface area contributed by atoms with E-state index in [0.29, 0.717) is 5.69 Å². The molecule has 1 atom stereocenters. The quantitative estimate of drug-likeness (QED) is 0.532. The first-order valence-corrected chi connectivity index (χ1v) is 8.98. The van der Waals surface area contributed by atoms with Crippen molar-refractivity contribution in [3.63, 3.8) is 0 Å². The largest absolute Gasteiger partial charge is 0.467 e. The van der Waals surface area contributed by atoms with E-state index in [0.717, 1.165) is 16.5 Å². The van der Waals surface area contributed by atoms with Gasteiger partial charge in [-0.15, -0.1) is 0 Å². The van der Waals surface area contributed by atoms with Gasteiger partial charge in [-0.05, 0) is 17.7 Å². The number of hydrogen-bond donors (Lipinski definition) is 3. The zero-order valence-corrected chi connectivity index (χ0v) is 15.8. The van der Waals surface area contributed by atoms with E-state index in [9.17, 15) is 14.4 Å². The zero-order valence-electron chi connectivity index (χ0n) is 15.8. The van der Waals surface area contributed by atoms with Gasteiger partial charge in [-0.3, -0.25) is 4.79 Å². The minimum Gasteiger partial charge on any atom is -0.467 e. The van der Waals surface area contributed by atoms with Gasteiger partial charge in [0.25, 0.3) is 5.91 Å². The van der Waals surface area contributed by atoms with Crippen LogP contribution in [0.1, 0.15) is 16.1 Å². The van der Waals surface area contributed by atoms with Gasteiger partial charge in [-0.25, -0.2) is 9.59 Å². The molecule has 0 radical (unpaired) electrons. The number of hydrogen-bond acceptors (Lipinski definition) is 5. The van der Waals surface area contributed by atoms with Gasteiger partial charge in [0.2, 0.25) is 0 Å². The standard InChI is InChI=1S/C21H21N3O5/c1-28-20(26)18(24-21(27)29-13-14-7-3-2-4-8-14)12-22-19(25)17-11-15-9-5-6-10-16(15)23-17/h2-11,18,23H,12-13H2,1H3,(H,22,25)(H,24,27)/t18-/m0/s1. The number of nitrogens with one attached hydrogen (secondary N) is 3. The molecule has 3 aromatic rings. The molecule has 0 fully saturated rings. The van der Waals surface area contributed by atoms with Crippen LogP contribution >= 0.6 is 0 Å². The second-order valence-corrected chi connectivity index (χ2v) is 6.26. The minimum atomic E-state index is -1.09. The predicted molar refractivity (Wildman–Crippen MR) is 106 cm³/mol. The highest BCUT2D eigenvalue weighted by Crippen LogP contribution is 2.14. The number of amides is 2. The molecule has 0 bridgehead atoms. The Morgan fingerprint density at radius 2 is 1.76 bits per heavy atom. The molecule has 0 unspecified atom stereocenters. The maximum Gasteiger partial charge on any atom is 0.408 e. The number of para-hydroxylation sites is 1. The number of benzene rings is 2. The Morgan fingerprint density at radius 3 is 2.48 bits per heavy atom. The molecular formula is C21H21N3O5. The summed E-state index contributed by atoms with van der Waals surface area (Å²) in [4.78, 5) is 39.4. The van der Waals surface area contributed by atoms with Crippen LogP contribution in [0.3, 0.4) is 0 Å². The van der Waals surface area contributed by atoms with Crippen molar-refractivity contribution >= 4 is 28.9 Å². The summed E-state index contributed by atoms with van der Waals surface area (Å²) in [5, 5.41) is 5.92. The van der Waals surface area contributed by atoms with E-state index in [4.69, 9.17) is 9.47 Å². The zero-order chi connectivity index (χ0) is 20.6. The van der Waals surface area contributed by atoms with E-state index in [1.165, 1.54) is 7.11 Å². The van der Waals surface area contributed by atoms with E-state index in [-0.39, 0.29) is 13.2 Å². The smallest absolute Gasteiger partial charge is 0.408 e. The third-order valence-electron chi connectivity index (χ3n) is 4.23. The van der Waals surface area contributed by atoms with Crippen molar-refractivity contribution in [1.29, 1.82) is 0 Å². The number of fused-ring (bicyclic) bond motifs is 1. The van der Waals surface area contributed by atoms with Crippen LogP contribution in [0.4, 0.5) is 4.79 Å². The number of esters is 1. The lowest BCUT2D eigenvalue weighted by atomic mass is 10.2. The maximum atomic E-state index is 12.4. The van der Waals surface area contributed by atoms with Crippen molar-refractivity contribution in [3.05, 3.63) is 71.9 Å². The molecular weight excluding hydrogens is 374 g/mol. The number of carbonyl (C=O) groups excluding carboxylic acids is 3. The molecule has 1 heterocycles. The van der Waals surface area contributed by atoms with Crippen molar-refractivity contribution in [2.45, 2.75) is 12.6 Å². The Balaban J connectivity index is 1.56. The van der Waals surface area contributed by atoms with E-state index in [2.05, 4.69) is 15.6 Å². The fraction of sp³-hybridized carbons (Fsp3) is 0.190. The van der Waals surface area contributed by atoms with Gasteiger partial charge in [0.1, 0.15) is 18.3 Å². The molecule has 8 nitrogen and oxygen atoms in total. The summed E-state index contributed by atoms with van der Waals surface area (Å²) in [5.41, 5.74) is 1.98. The number of methoxy groups -OCH3 is 1. The Bertz CT molecular complexity index is 967. The summed E-state index contributed by atoms with van der Waals surface area (Å²) < 4.78 is 9.80. The average Bonchev–Trinajstić information content (AvgIpc) is 3.19. The van der Waals surface area contributed by atoms with E-state index in [1.54, 1.807) is 6.07 Å². The Hall–Kier alpha value is -3.81. The first kappa shape index (κ1) is 19.9. The lowest BCUT2D eigenvalue weighted by Crippen LogP contribution is -2.49. The molecule has 0 saturated carbocycles. The van der Waals surface area contributed by atoms with Crippen LogP contribution in [0.5, 0.6) is 0 Å². The van der Waals surface area contributed by atoms with Crippen LogP contribution in [0.2, 0.25) is 0 Å². The highest BCUT2D eigenvalue weighted by molar-refractivity contribution is 5.98. The highest BCUT2D eigenvalue weighted by Gasteiger charge is 2.23. The van der Waals surface area contributed by atoms with Gasteiger partial charge in [0.15, 0.2) is 0 Å². The molecule has 1 aromatic heterocycles. The fourth-order valence-corrected chi connectivity index (χ4v) is 2.73. The van der Waals surface area contributed by atoms with Gasteiger partial charge >= 0.3 is 12.1 Å². The third kappa shape index (κ3) is 5.35. The Morgan fingerprint density at radius 1 is 1.03 bits per heavy atom. The van der Waals surface area contributed by atoms with Gasteiger partial charge in [-0.1, -0.05) is 48.5 Å². The lowest BCUT2D eigenvalue weighted by molar-refractivity contribution is -0.142. The first-order chi connectivity index (χ1) is 14.1. The number of carbonyl (C=O) groups is 3. The number of rotatable bonds is 7. The molecule has 3 rings (SSSR count). The summed E-state index contributed by atoms with van der Waals surface area (Å²) in [6.45, 7) is -0.0939. The van der Waals surface area contributed by atoms with Crippen molar-refractivity contribution in [2.75, 3.05) is 13.7 Å². The van der Waals surface area contributed by atoms with E-state index in [1.807, 2.05) is 54.6 Å². The SMILES string of the molecule is COC(=O)[C@H](CNC(=O)c1cc2ccccc2[nH]1)NC(=O)OCc1ccccc1. The van der Waals surface area contributed by atoms with Gasteiger partial charge in [0.05, 0.1) is 7.11 Å². The molecule has 3 N–H and O–H groups in total. The number of ether oxygens (including phenoxy) is 2. The molecule has 0 aliphatic rings. The summed E-state index contributed by atoms with van der Waals surface area (Å²) in [5.74, 6) is -1.10. The van der Waals surface area contributed by atoms with Crippen LogP contribution in [0.25, 0.3) is 10.9 Å².